The zero-order valence-electron chi connectivity index (χ0n) is 12.7. The van der Waals surface area contributed by atoms with E-state index in [9.17, 15) is 0 Å². The summed E-state index contributed by atoms with van der Waals surface area (Å²) >= 11 is 0. The molecule has 0 aliphatic carbocycles. The predicted molar refractivity (Wildman–Crippen MR) is 80.8 cm³/mol. The molecule has 20 heavy (non-hydrogen) atoms. The van der Waals surface area contributed by atoms with Crippen LogP contribution in [0.3, 0.4) is 0 Å². The van der Waals surface area contributed by atoms with Crippen molar-refractivity contribution in [1.29, 1.82) is 0 Å². The van der Waals surface area contributed by atoms with Crippen LogP contribution in [0, 0.1) is 20.8 Å². The Labute approximate surface area is 119 Å². The van der Waals surface area contributed by atoms with Gasteiger partial charge in [-0.1, -0.05) is 6.92 Å². The summed E-state index contributed by atoms with van der Waals surface area (Å²) in [5.41, 5.74) is 7.95. The third kappa shape index (κ3) is 2.76. The van der Waals surface area contributed by atoms with Gasteiger partial charge >= 0.3 is 0 Å². The summed E-state index contributed by atoms with van der Waals surface area (Å²) in [5, 5.41) is 3.41. The zero-order valence-corrected chi connectivity index (χ0v) is 12.7. The van der Waals surface area contributed by atoms with Crippen LogP contribution >= 0.6 is 0 Å². The van der Waals surface area contributed by atoms with Crippen LogP contribution < -0.4 is 11.1 Å². The van der Waals surface area contributed by atoms with Gasteiger partial charge in [0.1, 0.15) is 29.0 Å². The van der Waals surface area contributed by atoms with Gasteiger partial charge in [-0.15, -0.1) is 0 Å². The van der Waals surface area contributed by atoms with Crippen LogP contribution in [0.15, 0.2) is 10.5 Å². The van der Waals surface area contributed by atoms with Crippen LogP contribution in [0.2, 0.25) is 0 Å². The maximum atomic E-state index is 5.94. The van der Waals surface area contributed by atoms with Crippen molar-refractivity contribution < 1.29 is 4.42 Å². The van der Waals surface area contributed by atoms with Crippen molar-refractivity contribution in [2.75, 3.05) is 11.1 Å². The second-order valence-corrected chi connectivity index (χ2v) is 5.09. The van der Waals surface area contributed by atoms with E-state index in [2.05, 4.69) is 22.2 Å². The minimum Gasteiger partial charge on any atom is -0.466 e. The molecule has 2 heterocycles. The molecular formula is C15H22N4O. The molecule has 2 aromatic heterocycles. The molecule has 0 aliphatic heterocycles. The topological polar surface area (TPSA) is 77.0 Å². The van der Waals surface area contributed by atoms with Crippen molar-refractivity contribution in [3.8, 4) is 0 Å². The largest absolute Gasteiger partial charge is 0.466 e. The third-order valence-corrected chi connectivity index (χ3v) is 3.45. The molecule has 108 valence electrons. The Morgan fingerprint density at radius 3 is 2.55 bits per heavy atom. The molecule has 0 radical (unpaired) electrons. The molecule has 0 spiro atoms. The lowest BCUT2D eigenvalue weighted by Gasteiger charge is -2.17. The predicted octanol–water partition coefficient (Wildman–Crippen LogP) is 3.31. The quantitative estimate of drug-likeness (QED) is 0.894. The molecule has 2 aromatic rings. The number of aromatic nitrogens is 2. The molecule has 0 aliphatic rings. The van der Waals surface area contributed by atoms with Gasteiger partial charge in [0, 0.05) is 17.5 Å². The normalized spacial score (nSPS) is 12.4. The fraction of sp³-hybridized carbons (Fsp3) is 0.467. The first-order valence-electron chi connectivity index (χ1n) is 6.88. The average Bonchev–Trinajstić information content (AvgIpc) is 2.73. The van der Waals surface area contributed by atoms with E-state index in [4.69, 9.17) is 10.2 Å². The monoisotopic (exact) mass is 274 g/mol. The Morgan fingerprint density at radius 2 is 2.00 bits per heavy atom. The van der Waals surface area contributed by atoms with Gasteiger partial charge in [0.25, 0.3) is 0 Å². The van der Waals surface area contributed by atoms with Gasteiger partial charge in [0.05, 0.1) is 6.04 Å². The molecule has 0 bridgehead atoms. The number of nitrogens with one attached hydrogen (secondary N) is 1. The van der Waals surface area contributed by atoms with Crippen molar-refractivity contribution in [2.45, 2.75) is 47.1 Å². The molecule has 2 rings (SSSR count). The number of nitrogens with two attached hydrogens (primary N) is 1. The van der Waals surface area contributed by atoms with Gasteiger partial charge in [0.2, 0.25) is 0 Å². The third-order valence-electron chi connectivity index (χ3n) is 3.45. The minimum absolute atomic E-state index is 0.102. The number of aryl methyl sites for hydroxylation is 3. The summed E-state index contributed by atoms with van der Waals surface area (Å²) < 4.78 is 5.57. The second kappa shape index (κ2) is 5.53. The lowest BCUT2D eigenvalue weighted by Crippen LogP contribution is -2.13. The SMILES string of the molecule is CCc1nc(N)c(C)c(NC(C)c2cc(C)oc2C)n1. The summed E-state index contributed by atoms with van der Waals surface area (Å²) in [7, 11) is 0. The second-order valence-electron chi connectivity index (χ2n) is 5.09. The maximum Gasteiger partial charge on any atom is 0.135 e. The standard InChI is InChI=1S/C15H22N4O/c1-6-13-18-14(16)9(3)15(19-13)17-10(4)12-7-8(2)20-11(12)5/h7,10H,6H2,1-5H3,(H3,16,17,18,19). The van der Waals surface area contributed by atoms with Crippen molar-refractivity contribution in [3.05, 3.63) is 34.5 Å². The van der Waals surface area contributed by atoms with E-state index in [1.165, 1.54) is 0 Å². The summed E-state index contributed by atoms with van der Waals surface area (Å²) in [4.78, 5) is 8.78. The summed E-state index contributed by atoms with van der Waals surface area (Å²) in [6.45, 7) is 9.95. The highest BCUT2D eigenvalue weighted by molar-refractivity contribution is 5.55. The Hall–Kier alpha value is -2.04. The number of rotatable bonds is 4. The Kier molecular flexibility index (Phi) is 3.97. The molecule has 0 saturated heterocycles. The van der Waals surface area contributed by atoms with Gasteiger partial charge in [-0.3, -0.25) is 0 Å². The summed E-state index contributed by atoms with van der Waals surface area (Å²) in [6.07, 6.45) is 0.761. The lowest BCUT2D eigenvalue weighted by atomic mass is 10.1. The van der Waals surface area contributed by atoms with Crippen molar-refractivity contribution in [1.82, 2.24) is 9.97 Å². The van der Waals surface area contributed by atoms with Gasteiger partial charge < -0.3 is 15.5 Å². The number of hydrogen-bond acceptors (Lipinski definition) is 5. The number of anilines is 2. The zero-order chi connectivity index (χ0) is 14.9. The fourth-order valence-corrected chi connectivity index (χ4v) is 2.24. The van der Waals surface area contributed by atoms with Crippen LogP contribution in [0.1, 0.15) is 48.4 Å². The molecule has 0 amide bonds. The molecule has 0 aromatic carbocycles. The van der Waals surface area contributed by atoms with E-state index in [0.29, 0.717) is 5.82 Å². The van der Waals surface area contributed by atoms with Crippen LogP contribution in [-0.4, -0.2) is 9.97 Å². The van der Waals surface area contributed by atoms with Crippen LogP contribution in [0.25, 0.3) is 0 Å². The van der Waals surface area contributed by atoms with Gasteiger partial charge in [-0.05, 0) is 33.8 Å². The number of nitrogens with zero attached hydrogens (tertiary/aromatic N) is 2. The van der Waals surface area contributed by atoms with E-state index in [-0.39, 0.29) is 6.04 Å². The van der Waals surface area contributed by atoms with E-state index in [1.807, 2.05) is 33.8 Å². The minimum atomic E-state index is 0.102. The smallest absolute Gasteiger partial charge is 0.135 e. The molecular weight excluding hydrogens is 252 g/mol. The molecule has 1 atom stereocenters. The molecule has 3 N–H and O–H groups in total. The van der Waals surface area contributed by atoms with E-state index >= 15 is 0 Å². The highest BCUT2D eigenvalue weighted by atomic mass is 16.3. The number of nitrogen functional groups attached to an aromatic ring is 1. The van der Waals surface area contributed by atoms with Crippen molar-refractivity contribution in [2.24, 2.45) is 0 Å². The van der Waals surface area contributed by atoms with Crippen molar-refractivity contribution in [3.63, 3.8) is 0 Å². The lowest BCUT2D eigenvalue weighted by molar-refractivity contribution is 0.499. The first-order valence-corrected chi connectivity index (χ1v) is 6.88. The molecule has 5 nitrogen and oxygen atoms in total. The first-order chi connectivity index (χ1) is 9.42. The van der Waals surface area contributed by atoms with Gasteiger partial charge in [-0.2, -0.15) is 0 Å². The molecule has 1 unspecified atom stereocenters. The van der Waals surface area contributed by atoms with Crippen molar-refractivity contribution >= 4 is 11.6 Å². The van der Waals surface area contributed by atoms with Crippen LogP contribution in [0.4, 0.5) is 11.6 Å². The highest BCUT2D eigenvalue weighted by Crippen LogP contribution is 2.26. The summed E-state index contributed by atoms with van der Waals surface area (Å²) in [6, 6.07) is 2.15. The molecule has 0 fully saturated rings. The van der Waals surface area contributed by atoms with E-state index in [1.54, 1.807) is 0 Å². The van der Waals surface area contributed by atoms with E-state index < -0.39 is 0 Å². The maximum absolute atomic E-state index is 5.94. The van der Waals surface area contributed by atoms with Gasteiger partial charge in [-0.25, -0.2) is 9.97 Å². The molecule has 5 heteroatoms. The van der Waals surface area contributed by atoms with E-state index in [0.717, 1.165) is 40.7 Å². The fourth-order valence-electron chi connectivity index (χ4n) is 2.24. The van der Waals surface area contributed by atoms with Gasteiger partial charge in [0.15, 0.2) is 0 Å². The Balaban J connectivity index is 2.29. The van der Waals surface area contributed by atoms with Crippen LogP contribution in [-0.2, 0) is 6.42 Å². The first kappa shape index (κ1) is 14.4. The summed E-state index contributed by atoms with van der Waals surface area (Å²) in [5.74, 6) is 3.92. The Bertz CT molecular complexity index is 619. The van der Waals surface area contributed by atoms with Crippen LogP contribution in [0.5, 0.6) is 0 Å². The average molecular weight is 274 g/mol. The number of furan rings is 1. The molecule has 0 saturated carbocycles. The Morgan fingerprint density at radius 1 is 1.30 bits per heavy atom. The number of hydrogen-bond donors (Lipinski definition) is 2. The highest BCUT2D eigenvalue weighted by Gasteiger charge is 2.15.